The summed E-state index contributed by atoms with van der Waals surface area (Å²) in [6.07, 6.45) is -6.47. The van der Waals surface area contributed by atoms with Gasteiger partial charge in [-0.25, -0.2) is 0 Å². The largest absolute Gasteiger partial charge is 0.459 e. The highest BCUT2D eigenvalue weighted by atomic mass is 16.7. The second kappa shape index (κ2) is 17.5. The number of nitrogens with zero attached hydrogens (tertiary/aromatic N) is 2. The lowest BCUT2D eigenvalue weighted by Gasteiger charge is -2.49. The number of aliphatic hydroxyl groups is 4. The van der Waals surface area contributed by atoms with Gasteiger partial charge < -0.3 is 58.5 Å². The molecule has 4 saturated heterocycles. The Labute approximate surface area is 324 Å². The second-order valence-corrected chi connectivity index (χ2v) is 17.9. The summed E-state index contributed by atoms with van der Waals surface area (Å²) >= 11 is 0. The maximum atomic E-state index is 14.3. The van der Waals surface area contributed by atoms with Crippen LogP contribution in [0.25, 0.3) is 0 Å². The minimum Gasteiger partial charge on any atom is -0.459 e. The van der Waals surface area contributed by atoms with Crippen molar-refractivity contribution in [2.24, 2.45) is 17.8 Å². The van der Waals surface area contributed by atoms with E-state index in [4.69, 9.17) is 33.2 Å². The van der Waals surface area contributed by atoms with Crippen LogP contribution in [0, 0.1) is 17.8 Å². The quantitative estimate of drug-likeness (QED) is 0.210. The molecule has 4 fully saturated rings. The predicted octanol–water partition coefficient (Wildman–Crippen LogP) is 2.70. The topological polar surface area (TPSA) is 172 Å². The number of hydrogen-bond acceptors (Lipinski definition) is 14. The van der Waals surface area contributed by atoms with Gasteiger partial charge >= 0.3 is 5.97 Å². The third-order valence-electron chi connectivity index (χ3n) is 13.3. The standard InChI is InChI=1S/C40H74N2O12/c1-15-29-39(11,47)33(44)26(7)42(16-2)20-22(3)18-37(9,46)34(54-36-31(43)28(41(12)13)17-23(4)50-36)24(5)32(25(6)35(45)52-29)53-30-19-38(10,48-14)40(21-49-40)27(8)51-30/h22-34,36,43-44,46-47H,15-21H2,1-14H3/t22-,23-,24+,25-,26-,27+,28+,29-,30+,31-,32+,33-,34-,36+,37-,38-,39-,40+/m1/s1. The fourth-order valence-electron chi connectivity index (χ4n) is 9.69. The molecule has 4 aliphatic heterocycles. The van der Waals surface area contributed by atoms with Gasteiger partial charge in [0.1, 0.15) is 35.1 Å². The number of likely N-dealkylation sites (N-methyl/N-ethyl adjacent to an activating group) is 2. The van der Waals surface area contributed by atoms with Gasteiger partial charge in [-0.05, 0) is 94.3 Å². The number of ether oxygens (including phenoxy) is 7. The van der Waals surface area contributed by atoms with E-state index in [0.717, 1.165) is 0 Å². The molecule has 18 atom stereocenters. The Morgan fingerprint density at radius 2 is 1.59 bits per heavy atom. The van der Waals surface area contributed by atoms with Crippen molar-refractivity contribution in [3.63, 3.8) is 0 Å². The number of rotatable bonds is 8. The highest BCUT2D eigenvalue weighted by Gasteiger charge is 2.67. The Balaban J connectivity index is 1.82. The molecule has 0 aromatic rings. The van der Waals surface area contributed by atoms with Gasteiger partial charge in [0.25, 0.3) is 0 Å². The highest BCUT2D eigenvalue weighted by Crippen LogP contribution is 2.51. The molecular weight excluding hydrogens is 700 g/mol. The predicted molar refractivity (Wildman–Crippen MR) is 201 cm³/mol. The molecule has 4 heterocycles. The first-order valence-corrected chi connectivity index (χ1v) is 20.2. The van der Waals surface area contributed by atoms with Crippen LogP contribution < -0.4 is 0 Å². The van der Waals surface area contributed by atoms with E-state index in [-0.39, 0.29) is 30.9 Å². The number of epoxide rings is 1. The van der Waals surface area contributed by atoms with Crippen molar-refractivity contribution in [1.82, 2.24) is 9.80 Å². The van der Waals surface area contributed by atoms with Crippen LogP contribution in [-0.4, -0.2) is 167 Å². The van der Waals surface area contributed by atoms with E-state index in [0.29, 0.717) is 32.5 Å². The summed E-state index contributed by atoms with van der Waals surface area (Å²) in [7, 11) is 5.44. The maximum absolute atomic E-state index is 14.3. The average Bonchev–Trinajstić information content (AvgIpc) is 3.91. The lowest BCUT2D eigenvalue weighted by atomic mass is 9.77. The number of cyclic esters (lactones) is 1. The zero-order valence-electron chi connectivity index (χ0n) is 35.5. The zero-order valence-corrected chi connectivity index (χ0v) is 35.5. The fourth-order valence-corrected chi connectivity index (χ4v) is 9.69. The lowest BCUT2D eigenvalue weighted by Crippen LogP contribution is -2.61. The number of esters is 1. The van der Waals surface area contributed by atoms with E-state index in [9.17, 15) is 25.2 Å². The number of hydrogen-bond donors (Lipinski definition) is 4. The van der Waals surface area contributed by atoms with Crippen molar-refractivity contribution in [3.8, 4) is 0 Å². The fraction of sp³-hybridized carbons (Fsp3) is 0.975. The molecule has 4 aliphatic rings. The zero-order chi connectivity index (χ0) is 40.7. The van der Waals surface area contributed by atoms with Crippen LogP contribution in [0.15, 0.2) is 0 Å². The Bertz CT molecular complexity index is 1230. The number of aliphatic hydroxyl groups excluding tert-OH is 2. The van der Waals surface area contributed by atoms with Gasteiger partial charge in [-0.3, -0.25) is 9.69 Å². The summed E-state index contributed by atoms with van der Waals surface area (Å²) in [6, 6.07) is -0.768. The van der Waals surface area contributed by atoms with Crippen LogP contribution in [0.3, 0.4) is 0 Å². The number of carbonyl (C=O) groups is 1. The van der Waals surface area contributed by atoms with Crippen LogP contribution in [-0.2, 0) is 38.0 Å². The Morgan fingerprint density at radius 1 is 0.963 bits per heavy atom. The third-order valence-corrected chi connectivity index (χ3v) is 13.3. The van der Waals surface area contributed by atoms with Gasteiger partial charge in [0, 0.05) is 38.1 Å². The van der Waals surface area contributed by atoms with Crippen molar-refractivity contribution in [3.05, 3.63) is 0 Å². The van der Waals surface area contributed by atoms with Gasteiger partial charge in [0.05, 0.1) is 42.5 Å². The van der Waals surface area contributed by atoms with Gasteiger partial charge in [0.2, 0.25) is 0 Å². The van der Waals surface area contributed by atoms with E-state index in [2.05, 4.69) is 4.90 Å². The molecule has 316 valence electrons. The third kappa shape index (κ3) is 9.15. The summed E-state index contributed by atoms with van der Waals surface area (Å²) < 4.78 is 44.4. The van der Waals surface area contributed by atoms with Crippen LogP contribution in [0.4, 0.5) is 0 Å². The first-order chi connectivity index (χ1) is 25.0. The molecule has 0 aromatic carbocycles. The molecule has 0 radical (unpaired) electrons. The lowest BCUT2D eigenvalue weighted by molar-refractivity contribution is -0.315. The summed E-state index contributed by atoms with van der Waals surface area (Å²) in [5.41, 5.74) is -4.69. The number of carbonyl (C=O) groups excluding carboxylic acids is 1. The summed E-state index contributed by atoms with van der Waals surface area (Å²) in [4.78, 5) is 18.3. The van der Waals surface area contributed by atoms with Crippen molar-refractivity contribution >= 4 is 5.97 Å². The molecular formula is C40H74N2O12. The van der Waals surface area contributed by atoms with Crippen molar-refractivity contribution in [1.29, 1.82) is 0 Å². The smallest absolute Gasteiger partial charge is 0.311 e. The van der Waals surface area contributed by atoms with Crippen LogP contribution in [0.2, 0.25) is 0 Å². The first kappa shape index (κ1) is 45.7. The van der Waals surface area contributed by atoms with Gasteiger partial charge in [-0.2, -0.15) is 0 Å². The minimum absolute atomic E-state index is 0.120. The van der Waals surface area contributed by atoms with Crippen LogP contribution >= 0.6 is 0 Å². The normalized spacial score (nSPS) is 50.4. The first-order valence-electron chi connectivity index (χ1n) is 20.2. The van der Waals surface area contributed by atoms with Crippen LogP contribution in [0.1, 0.15) is 102 Å². The molecule has 0 saturated carbocycles. The van der Waals surface area contributed by atoms with Crippen molar-refractivity contribution < 1.29 is 58.4 Å². The molecule has 0 bridgehead atoms. The SMILES string of the molecule is CC[C@H]1OC(=O)[C@H](C)[C@@H](O[C@H]2C[C@@](C)(OC)[C@]3(CO3)[C@H](C)O2)[C@H](C)[C@@H](O[C@@H]2O[C@H](C)C[C@H](N(C)C)[C@H]2O)[C@](C)(O)C[C@@H](C)CN(CC)[C@H](C)[C@@H](O)[C@]1(C)O. The van der Waals surface area contributed by atoms with Gasteiger partial charge in [-0.15, -0.1) is 0 Å². The maximum Gasteiger partial charge on any atom is 0.311 e. The Morgan fingerprint density at radius 3 is 2.13 bits per heavy atom. The molecule has 1 spiro atoms. The van der Waals surface area contributed by atoms with E-state index >= 15 is 0 Å². The molecule has 54 heavy (non-hydrogen) atoms. The van der Waals surface area contributed by atoms with E-state index in [1.807, 2.05) is 67.5 Å². The summed E-state index contributed by atoms with van der Waals surface area (Å²) in [5, 5.41) is 47.7. The highest BCUT2D eigenvalue weighted by molar-refractivity contribution is 5.73. The molecule has 0 aromatic heterocycles. The molecule has 0 aliphatic carbocycles. The van der Waals surface area contributed by atoms with Gasteiger partial charge in [-0.1, -0.05) is 27.7 Å². The van der Waals surface area contributed by atoms with Crippen molar-refractivity contribution in [2.45, 2.75) is 192 Å². The Kier molecular flexibility index (Phi) is 14.8. The molecule has 4 N–H and O–H groups in total. The van der Waals surface area contributed by atoms with Crippen molar-refractivity contribution in [2.75, 3.05) is 40.9 Å². The molecule has 14 nitrogen and oxygen atoms in total. The summed E-state index contributed by atoms with van der Waals surface area (Å²) in [6.45, 7) is 21.8. The summed E-state index contributed by atoms with van der Waals surface area (Å²) in [5.74, 6) is -2.45. The molecule has 0 amide bonds. The van der Waals surface area contributed by atoms with Crippen LogP contribution in [0.5, 0.6) is 0 Å². The minimum atomic E-state index is -1.78. The van der Waals surface area contributed by atoms with Gasteiger partial charge in [0.15, 0.2) is 12.6 Å². The monoisotopic (exact) mass is 775 g/mol. The van der Waals surface area contributed by atoms with E-state index < -0.39 is 95.5 Å². The van der Waals surface area contributed by atoms with E-state index in [1.54, 1.807) is 27.9 Å². The van der Waals surface area contributed by atoms with E-state index in [1.165, 1.54) is 6.92 Å². The second-order valence-electron chi connectivity index (χ2n) is 17.9. The average molecular weight is 775 g/mol. The molecule has 0 unspecified atom stereocenters. The molecule has 14 heteroatoms. The Hall–Kier alpha value is -1.01. The molecule has 4 rings (SSSR count). The number of methoxy groups -OCH3 is 1.